The fraction of sp³-hybridized carbons (Fsp3) is 0.389. The maximum absolute atomic E-state index is 12.8. The maximum Gasteiger partial charge on any atom is 0.287 e. The SMILES string of the molecule is Cl.O=C(NCC1CCCNC1)c1ccc(COc2ccc(F)cc2)o1. The zero-order valence-corrected chi connectivity index (χ0v) is 14.6. The predicted octanol–water partition coefficient (Wildman–Crippen LogP) is 3.15. The normalized spacial score (nSPS) is 16.8. The zero-order chi connectivity index (χ0) is 16.8. The van der Waals surface area contributed by atoms with E-state index in [1.807, 2.05) is 0 Å². The van der Waals surface area contributed by atoms with Gasteiger partial charge >= 0.3 is 0 Å². The summed E-state index contributed by atoms with van der Waals surface area (Å²) in [6.45, 7) is 2.83. The molecule has 1 unspecified atom stereocenters. The van der Waals surface area contributed by atoms with E-state index in [4.69, 9.17) is 9.15 Å². The largest absolute Gasteiger partial charge is 0.486 e. The van der Waals surface area contributed by atoms with Gasteiger partial charge in [-0.25, -0.2) is 4.39 Å². The van der Waals surface area contributed by atoms with E-state index >= 15 is 0 Å². The number of halogens is 2. The van der Waals surface area contributed by atoms with Crippen molar-refractivity contribution in [2.75, 3.05) is 19.6 Å². The molecule has 2 aromatic rings. The van der Waals surface area contributed by atoms with Crippen LogP contribution in [0.4, 0.5) is 4.39 Å². The minimum atomic E-state index is -0.313. The molecule has 0 spiro atoms. The Kier molecular flexibility index (Phi) is 7.28. The van der Waals surface area contributed by atoms with E-state index in [0.29, 0.717) is 24.0 Å². The first-order valence-electron chi connectivity index (χ1n) is 8.17. The summed E-state index contributed by atoms with van der Waals surface area (Å²) in [6, 6.07) is 9.10. The van der Waals surface area contributed by atoms with E-state index in [1.165, 1.54) is 12.1 Å². The number of nitrogens with one attached hydrogen (secondary N) is 2. The van der Waals surface area contributed by atoms with Gasteiger partial charge in [0.2, 0.25) is 0 Å². The van der Waals surface area contributed by atoms with Crippen molar-refractivity contribution in [2.45, 2.75) is 19.4 Å². The van der Waals surface area contributed by atoms with Crippen LogP contribution in [0.3, 0.4) is 0 Å². The van der Waals surface area contributed by atoms with Crippen molar-refractivity contribution in [3.8, 4) is 5.75 Å². The molecule has 1 atom stereocenters. The molecule has 1 saturated heterocycles. The average Bonchev–Trinajstić information content (AvgIpc) is 3.09. The molecule has 1 aliphatic rings. The molecular weight excluding hydrogens is 347 g/mol. The third-order valence-corrected chi connectivity index (χ3v) is 4.03. The first-order valence-corrected chi connectivity index (χ1v) is 8.17. The third-order valence-electron chi connectivity index (χ3n) is 4.03. The highest BCUT2D eigenvalue weighted by Gasteiger charge is 2.16. The smallest absolute Gasteiger partial charge is 0.287 e. The topological polar surface area (TPSA) is 63.5 Å². The Morgan fingerprint density at radius 2 is 2.08 bits per heavy atom. The standard InChI is InChI=1S/C18H21FN2O3.ClH/c19-14-3-5-15(6-4-14)23-12-16-7-8-17(24-16)18(22)21-11-13-2-1-9-20-10-13;/h3-8,13,20H,1-2,9-12H2,(H,21,22);1H. The Morgan fingerprint density at radius 1 is 1.28 bits per heavy atom. The molecule has 1 aromatic heterocycles. The van der Waals surface area contributed by atoms with Crippen LogP contribution in [0.25, 0.3) is 0 Å². The first kappa shape index (κ1) is 19.3. The van der Waals surface area contributed by atoms with Gasteiger partial charge in [0.15, 0.2) is 5.76 Å². The second-order valence-electron chi connectivity index (χ2n) is 5.93. The van der Waals surface area contributed by atoms with Crippen molar-refractivity contribution in [1.82, 2.24) is 10.6 Å². The highest BCUT2D eigenvalue weighted by molar-refractivity contribution is 5.91. The van der Waals surface area contributed by atoms with E-state index < -0.39 is 0 Å². The summed E-state index contributed by atoms with van der Waals surface area (Å²) in [6.07, 6.45) is 2.27. The zero-order valence-electron chi connectivity index (χ0n) is 13.8. The number of hydrogen-bond acceptors (Lipinski definition) is 4. The highest BCUT2D eigenvalue weighted by Crippen LogP contribution is 2.15. The summed E-state index contributed by atoms with van der Waals surface area (Å²) in [5.74, 6) is 1.31. The van der Waals surface area contributed by atoms with Gasteiger partial charge in [-0.05, 0) is 68.2 Å². The fourth-order valence-electron chi connectivity index (χ4n) is 2.69. The summed E-state index contributed by atoms with van der Waals surface area (Å²) in [5, 5.41) is 6.23. The number of benzene rings is 1. The van der Waals surface area contributed by atoms with E-state index in [0.717, 1.165) is 25.9 Å². The van der Waals surface area contributed by atoms with Gasteiger partial charge in [-0.15, -0.1) is 12.4 Å². The monoisotopic (exact) mass is 368 g/mol. The lowest BCUT2D eigenvalue weighted by Gasteiger charge is -2.22. The van der Waals surface area contributed by atoms with E-state index in [1.54, 1.807) is 24.3 Å². The van der Waals surface area contributed by atoms with Crippen molar-refractivity contribution in [3.63, 3.8) is 0 Å². The van der Waals surface area contributed by atoms with Crippen molar-refractivity contribution >= 4 is 18.3 Å². The van der Waals surface area contributed by atoms with Crippen LogP contribution in [0.2, 0.25) is 0 Å². The molecule has 2 heterocycles. The van der Waals surface area contributed by atoms with Gasteiger partial charge < -0.3 is 19.8 Å². The number of ether oxygens (including phenoxy) is 1. The molecule has 1 aromatic carbocycles. The van der Waals surface area contributed by atoms with Crippen LogP contribution in [0, 0.1) is 11.7 Å². The van der Waals surface area contributed by atoms with Gasteiger partial charge in [0.1, 0.15) is 23.9 Å². The maximum atomic E-state index is 12.8. The van der Waals surface area contributed by atoms with E-state index in [-0.39, 0.29) is 36.5 Å². The Balaban J connectivity index is 0.00000225. The van der Waals surface area contributed by atoms with Gasteiger partial charge in [-0.3, -0.25) is 4.79 Å². The van der Waals surface area contributed by atoms with E-state index in [9.17, 15) is 9.18 Å². The van der Waals surface area contributed by atoms with Gasteiger partial charge in [0.05, 0.1) is 0 Å². The average molecular weight is 369 g/mol. The summed E-state index contributed by atoms with van der Waals surface area (Å²) in [5.41, 5.74) is 0. The molecule has 2 N–H and O–H groups in total. The number of rotatable bonds is 6. The number of carbonyl (C=O) groups is 1. The third kappa shape index (κ3) is 5.76. The molecule has 7 heteroatoms. The molecule has 5 nitrogen and oxygen atoms in total. The first-order chi connectivity index (χ1) is 11.7. The summed E-state index contributed by atoms with van der Waals surface area (Å²) in [7, 11) is 0. The van der Waals surface area contributed by atoms with Crippen LogP contribution in [-0.4, -0.2) is 25.5 Å². The number of amides is 1. The van der Waals surface area contributed by atoms with Crippen LogP contribution in [0.5, 0.6) is 5.75 Å². The molecule has 1 aliphatic heterocycles. The molecule has 0 bridgehead atoms. The van der Waals surface area contributed by atoms with Crippen LogP contribution >= 0.6 is 12.4 Å². The Labute approximate surface area is 152 Å². The minimum absolute atomic E-state index is 0. The number of furan rings is 1. The minimum Gasteiger partial charge on any atom is -0.486 e. The van der Waals surface area contributed by atoms with Crippen LogP contribution in [0.1, 0.15) is 29.2 Å². The van der Waals surface area contributed by atoms with Gasteiger partial charge in [-0.1, -0.05) is 0 Å². The molecule has 1 fully saturated rings. The van der Waals surface area contributed by atoms with Gasteiger partial charge in [0.25, 0.3) is 5.91 Å². The molecular formula is C18H22ClFN2O3. The molecule has 0 radical (unpaired) electrons. The Bertz CT molecular complexity index is 669. The second kappa shape index (κ2) is 9.44. The van der Waals surface area contributed by atoms with Crippen molar-refractivity contribution in [2.24, 2.45) is 5.92 Å². The number of hydrogen-bond donors (Lipinski definition) is 2. The number of carbonyl (C=O) groups excluding carboxylic acids is 1. The molecule has 25 heavy (non-hydrogen) atoms. The predicted molar refractivity (Wildman–Crippen MR) is 94.6 cm³/mol. The second-order valence-corrected chi connectivity index (χ2v) is 5.93. The Morgan fingerprint density at radius 3 is 2.80 bits per heavy atom. The summed E-state index contributed by atoms with van der Waals surface area (Å²) >= 11 is 0. The van der Waals surface area contributed by atoms with Crippen molar-refractivity contribution in [1.29, 1.82) is 0 Å². The lowest BCUT2D eigenvalue weighted by atomic mass is 10.00. The van der Waals surface area contributed by atoms with Gasteiger partial charge in [-0.2, -0.15) is 0 Å². The lowest BCUT2D eigenvalue weighted by Crippen LogP contribution is -2.38. The summed E-state index contributed by atoms with van der Waals surface area (Å²) in [4.78, 5) is 12.1. The molecule has 0 aliphatic carbocycles. The van der Waals surface area contributed by atoms with Crippen molar-refractivity contribution in [3.05, 3.63) is 53.7 Å². The molecule has 3 rings (SSSR count). The van der Waals surface area contributed by atoms with Crippen LogP contribution in [-0.2, 0) is 6.61 Å². The molecule has 136 valence electrons. The highest BCUT2D eigenvalue weighted by atomic mass is 35.5. The number of piperidine rings is 1. The summed E-state index contributed by atoms with van der Waals surface area (Å²) < 4.78 is 23.8. The fourth-order valence-corrected chi connectivity index (χ4v) is 2.69. The van der Waals surface area contributed by atoms with Gasteiger partial charge in [0, 0.05) is 6.54 Å². The van der Waals surface area contributed by atoms with Crippen LogP contribution in [0.15, 0.2) is 40.8 Å². The Hall–Kier alpha value is -2.05. The lowest BCUT2D eigenvalue weighted by molar-refractivity contribution is 0.0913. The van der Waals surface area contributed by atoms with E-state index in [2.05, 4.69) is 10.6 Å². The molecule has 0 saturated carbocycles. The quantitative estimate of drug-likeness (QED) is 0.822. The van der Waals surface area contributed by atoms with Crippen molar-refractivity contribution < 1.29 is 18.3 Å². The van der Waals surface area contributed by atoms with Crippen LogP contribution < -0.4 is 15.4 Å². The molecule has 1 amide bonds.